The Morgan fingerprint density at radius 2 is 1.88 bits per heavy atom. The standard InChI is InChI=1S/C29H39N5O3S.C2H6.2CH3.Y/c1-7-20(11-12-21(8-2)23-19(3)32-18-38-23)16-31-25(35)22-10-9-15-34(22)26(36)24(28(4,5)6)33-27(37)29(17-30)13-14-29;1-2;;;/h7,11-12,18,22,24H,1,8-10,13-16H2,2-6H3,(H,31,35)(H,33,37);1-2H3;2*1H3;/q;;2*-1;/b20-11+,21-12+;;;;. The molecule has 3 rings (SSSR count). The largest absolute Gasteiger partial charge is 0.358 e. The second kappa shape index (κ2) is 19.3. The van der Waals surface area contributed by atoms with Crippen molar-refractivity contribution in [1.29, 1.82) is 5.26 Å². The molecule has 1 radical (unpaired) electrons. The molecule has 43 heavy (non-hydrogen) atoms. The molecule has 1 aliphatic heterocycles. The zero-order valence-corrected chi connectivity index (χ0v) is 31.3. The van der Waals surface area contributed by atoms with Crippen LogP contribution in [-0.4, -0.2) is 52.8 Å². The van der Waals surface area contributed by atoms with Gasteiger partial charge in [0.2, 0.25) is 17.7 Å². The zero-order chi connectivity index (χ0) is 30.1. The number of amides is 3. The molecule has 0 aromatic carbocycles. The van der Waals surface area contributed by atoms with E-state index in [9.17, 15) is 19.6 Å². The molecule has 2 heterocycles. The van der Waals surface area contributed by atoms with Crippen LogP contribution in [0, 0.1) is 43.9 Å². The molecule has 1 aromatic rings. The Morgan fingerprint density at radius 1 is 1.26 bits per heavy atom. The fraction of sp³-hybridized carbons (Fsp3) is 0.545. The summed E-state index contributed by atoms with van der Waals surface area (Å²) in [6, 6.07) is 0.651. The van der Waals surface area contributed by atoms with Crippen molar-refractivity contribution in [1.82, 2.24) is 20.5 Å². The molecule has 0 spiro atoms. The predicted molar refractivity (Wildman–Crippen MR) is 174 cm³/mol. The molecule has 1 aliphatic carbocycles. The van der Waals surface area contributed by atoms with Crippen LogP contribution < -0.4 is 10.6 Å². The summed E-state index contributed by atoms with van der Waals surface area (Å²) in [4.78, 5) is 46.7. The molecule has 2 atom stereocenters. The molecule has 0 bridgehead atoms. The number of likely N-dealkylation sites (tertiary alicyclic amines) is 1. The first kappa shape index (κ1) is 43.0. The summed E-state index contributed by atoms with van der Waals surface area (Å²) < 4.78 is 0. The Morgan fingerprint density at radius 3 is 2.35 bits per heavy atom. The van der Waals surface area contributed by atoms with E-state index >= 15 is 0 Å². The number of thiazole rings is 1. The average molecular weight is 687 g/mol. The normalized spacial score (nSPS) is 17.7. The smallest absolute Gasteiger partial charge is 0.246 e. The van der Waals surface area contributed by atoms with Gasteiger partial charge in [-0.15, -0.1) is 11.3 Å². The maximum Gasteiger partial charge on any atom is 0.246 e. The number of carbonyl (C=O) groups is 3. The molecule has 1 saturated carbocycles. The predicted octanol–water partition coefficient (Wildman–Crippen LogP) is 6.22. The molecule has 1 saturated heterocycles. The van der Waals surface area contributed by atoms with Gasteiger partial charge in [-0.05, 0) is 55.6 Å². The Labute approximate surface area is 289 Å². The number of carbonyl (C=O) groups excluding carboxylic acids is 3. The fourth-order valence-corrected chi connectivity index (χ4v) is 5.48. The maximum absolute atomic E-state index is 13.6. The molecule has 2 fully saturated rings. The molecule has 3 amide bonds. The van der Waals surface area contributed by atoms with Gasteiger partial charge in [0, 0.05) is 45.8 Å². The van der Waals surface area contributed by atoms with Gasteiger partial charge in [0.25, 0.3) is 0 Å². The number of aromatic nitrogens is 1. The topological polar surface area (TPSA) is 115 Å². The van der Waals surface area contributed by atoms with Crippen LogP contribution in [0.1, 0.15) is 84.2 Å². The minimum Gasteiger partial charge on any atom is -0.358 e. The monoisotopic (exact) mass is 686 g/mol. The number of aryl methyl sites for hydroxylation is 1. The minimum absolute atomic E-state index is 0. The summed E-state index contributed by atoms with van der Waals surface area (Å²) in [6.45, 7) is 18.3. The van der Waals surface area contributed by atoms with Crippen molar-refractivity contribution in [2.24, 2.45) is 10.8 Å². The van der Waals surface area contributed by atoms with Crippen molar-refractivity contribution < 1.29 is 47.1 Å². The van der Waals surface area contributed by atoms with Gasteiger partial charge < -0.3 is 30.4 Å². The van der Waals surface area contributed by atoms with E-state index in [4.69, 9.17) is 0 Å². The van der Waals surface area contributed by atoms with Crippen molar-refractivity contribution in [3.63, 3.8) is 0 Å². The van der Waals surface area contributed by atoms with Gasteiger partial charge in [-0.1, -0.05) is 66.3 Å². The van der Waals surface area contributed by atoms with E-state index in [1.54, 1.807) is 22.3 Å². The van der Waals surface area contributed by atoms with Crippen LogP contribution in [0.5, 0.6) is 0 Å². The van der Waals surface area contributed by atoms with Crippen LogP contribution >= 0.6 is 11.3 Å². The van der Waals surface area contributed by atoms with E-state index in [0.717, 1.165) is 22.6 Å². The fourth-order valence-electron chi connectivity index (χ4n) is 4.58. The van der Waals surface area contributed by atoms with Gasteiger partial charge in [-0.3, -0.25) is 14.4 Å². The summed E-state index contributed by atoms with van der Waals surface area (Å²) in [5.41, 5.74) is 3.26. The maximum atomic E-state index is 13.6. The first-order valence-electron chi connectivity index (χ1n) is 14.2. The summed E-state index contributed by atoms with van der Waals surface area (Å²) in [5.74, 6) is -0.911. The Balaban J connectivity index is 0. The van der Waals surface area contributed by atoms with Gasteiger partial charge in [0.1, 0.15) is 17.5 Å². The van der Waals surface area contributed by atoms with Crippen molar-refractivity contribution >= 4 is 34.6 Å². The van der Waals surface area contributed by atoms with Crippen LogP contribution in [0.15, 0.2) is 35.9 Å². The molecule has 8 nitrogen and oxygen atoms in total. The summed E-state index contributed by atoms with van der Waals surface area (Å²) in [6.07, 6.45) is 8.85. The average Bonchev–Trinajstić information content (AvgIpc) is 3.38. The Bertz CT molecular complexity index is 1190. The molecule has 1 aromatic heterocycles. The van der Waals surface area contributed by atoms with Crippen LogP contribution in [0.25, 0.3) is 5.57 Å². The summed E-state index contributed by atoms with van der Waals surface area (Å²) in [7, 11) is 0. The van der Waals surface area contributed by atoms with Crippen molar-refractivity contribution in [2.45, 2.75) is 92.7 Å². The molecule has 2 N–H and O–H groups in total. The SMILES string of the molecule is C=C/C(=C\C=C(/CC)c1scnc1C)CNC(=O)C1CCCN1C(=O)C(NC(=O)C1(C#N)CC1)C(C)(C)C.CC.[CH3-].[CH3-].[Y]. The van der Waals surface area contributed by atoms with E-state index in [-0.39, 0.29) is 59.4 Å². The molecule has 237 valence electrons. The zero-order valence-electron chi connectivity index (χ0n) is 27.7. The van der Waals surface area contributed by atoms with Gasteiger partial charge in [0.15, 0.2) is 0 Å². The third-order valence-corrected chi connectivity index (χ3v) is 8.28. The molecule has 10 heteroatoms. The number of rotatable bonds is 10. The molecule has 2 unspecified atom stereocenters. The number of nitrogens with zero attached hydrogens (tertiary/aromatic N) is 3. The third kappa shape index (κ3) is 11.1. The van der Waals surface area contributed by atoms with Crippen molar-refractivity contribution in [2.75, 3.05) is 13.1 Å². The van der Waals surface area contributed by atoms with E-state index < -0.39 is 28.8 Å². The van der Waals surface area contributed by atoms with E-state index in [1.165, 1.54) is 5.57 Å². The quantitative estimate of drug-likeness (QED) is 0.224. The number of hydrogen-bond donors (Lipinski definition) is 2. The summed E-state index contributed by atoms with van der Waals surface area (Å²) in [5, 5.41) is 15.2. The number of nitrogens with one attached hydrogen (secondary N) is 2. The van der Waals surface area contributed by atoms with Gasteiger partial charge >= 0.3 is 0 Å². The van der Waals surface area contributed by atoms with Gasteiger partial charge in [0.05, 0.1) is 22.2 Å². The van der Waals surface area contributed by atoms with Crippen LogP contribution in [0.3, 0.4) is 0 Å². The van der Waals surface area contributed by atoms with Crippen molar-refractivity contribution in [3.05, 3.63) is 61.3 Å². The van der Waals surface area contributed by atoms with Crippen molar-refractivity contribution in [3.8, 4) is 6.07 Å². The van der Waals surface area contributed by atoms with Crippen LogP contribution in [0.2, 0.25) is 0 Å². The van der Waals surface area contributed by atoms with Gasteiger partial charge in [-0.2, -0.15) is 5.26 Å². The third-order valence-electron chi connectivity index (χ3n) is 7.27. The Kier molecular flexibility index (Phi) is 19.3. The number of nitriles is 1. The van der Waals surface area contributed by atoms with E-state index in [0.29, 0.717) is 38.8 Å². The molecular formula is C33H51N5O3SY-2. The van der Waals surface area contributed by atoms with Crippen LogP contribution in [-0.2, 0) is 47.1 Å². The van der Waals surface area contributed by atoms with E-state index in [2.05, 4.69) is 35.2 Å². The van der Waals surface area contributed by atoms with Gasteiger partial charge in [-0.25, -0.2) is 4.98 Å². The summed E-state index contributed by atoms with van der Waals surface area (Å²) >= 11 is 1.61. The van der Waals surface area contributed by atoms with Crippen LogP contribution in [0.4, 0.5) is 0 Å². The second-order valence-corrected chi connectivity index (χ2v) is 12.0. The number of hydrogen-bond acceptors (Lipinski definition) is 6. The molecular weight excluding hydrogens is 635 g/mol. The Hall–Kier alpha value is -2.15. The van der Waals surface area contributed by atoms with E-state index in [1.807, 2.05) is 59.2 Å². The first-order chi connectivity index (χ1) is 19.0. The first-order valence-corrected chi connectivity index (χ1v) is 15.1. The minimum atomic E-state index is -1.02. The second-order valence-electron chi connectivity index (χ2n) is 11.1. The molecule has 2 aliphatic rings. The number of allylic oxidation sites excluding steroid dienone is 3.